The first-order valence-electron chi connectivity index (χ1n) is 8.02. The SMILES string of the molecule is CCO[Si](C)(CCCN[Si](C)(C)c1ccccc1)OCC. The Morgan fingerprint density at radius 2 is 1.52 bits per heavy atom. The van der Waals surface area contributed by atoms with Gasteiger partial charge < -0.3 is 13.8 Å². The van der Waals surface area contributed by atoms with Gasteiger partial charge in [-0.05, 0) is 44.6 Å². The van der Waals surface area contributed by atoms with E-state index in [4.69, 9.17) is 8.85 Å². The number of rotatable bonds is 10. The van der Waals surface area contributed by atoms with E-state index in [1.165, 1.54) is 5.19 Å². The average molecular weight is 326 g/mol. The third-order valence-corrected chi connectivity index (χ3v) is 9.74. The molecule has 5 heteroatoms. The molecule has 0 saturated heterocycles. The van der Waals surface area contributed by atoms with Crippen LogP contribution >= 0.6 is 0 Å². The van der Waals surface area contributed by atoms with Gasteiger partial charge in [-0.1, -0.05) is 43.4 Å². The van der Waals surface area contributed by atoms with Gasteiger partial charge in [0.1, 0.15) is 0 Å². The smallest absolute Gasteiger partial charge is 0.334 e. The molecule has 1 N–H and O–H groups in total. The molecule has 0 heterocycles. The second-order valence-electron chi connectivity index (χ2n) is 6.02. The normalized spacial score (nSPS) is 12.6. The lowest BCUT2D eigenvalue weighted by atomic mass is 10.4. The van der Waals surface area contributed by atoms with Crippen LogP contribution in [0.1, 0.15) is 20.3 Å². The average Bonchev–Trinajstić information content (AvgIpc) is 2.45. The Kier molecular flexibility index (Phi) is 7.83. The van der Waals surface area contributed by atoms with Crippen molar-refractivity contribution >= 4 is 22.0 Å². The maximum atomic E-state index is 5.89. The second-order valence-corrected chi connectivity index (χ2v) is 13.5. The van der Waals surface area contributed by atoms with Gasteiger partial charge in [-0.15, -0.1) is 0 Å². The summed E-state index contributed by atoms with van der Waals surface area (Å²) in [5, 5.41) is 1.46. The summed E-state index contributed by atoms with van der Waals surface area (Å²) < 4.78 is 11.8. The Morgan fingerprint density at radius 1 is 0.952 bits per heavy atom. The van der Waals surface area contributed by atoms with Crippen LogP contribution in [0.15, 0.2) is 30.3 Å². The molecule has 1 aromatic rings. The van der Waals surface area contributed by atoms with Crippen LogP contribution in [-0.2, 0) is 8.85 Å². The standard InChI is InChI=1S/C16H31NO2Si2/c1-6-18-21(5,19-7-2)15-11-14-17-20(3,4)16-12-9-8-10-13-16/h8-10,12-13,17H,6-7,11,14-15H2,1-5H3. The van der Waals surface area contributed by atoms with E-state index in [1.807, 2.05) is 13.8 Å². The van der Waals surface area contributed by atoms with Gasteiger partial charge in [-0.3, -0.25) is 0 Å². The van der Waals surface area contributed by atoms with Gasteiger partial charge in [0.2, 0.25) is 0 Å². The Bertz CT molecular complexity index is 393. The fourth-order valence-corrected chi connectivity index (χ4v) is 7.01. The van der Waals surface area contributed by atoms with E-state index in [2.05, 4.69) is 55.0 Å². The highest BCUT2D eigenvalue weighted by Gasteiger charge is 2.30. The molecule has 3 nitrogen and oxygen atoms in total. The van der Waals surface area contributed by atoms with Gasteiger partial charge in [0.05, 0.1) is 0 Å². The fraction of sp³-hybridized carbons (Fsp3) is 0.625. The minimum Gasteiger partial charge on any atom is -0.395 e. The molecule has 0 aliphatic carbocycles. The lowest BCUT2D eigenvalue weighted by Crippen LogP contribution is -2.55. The fourth-order valence-electron chi connectivity index (χ4n) is 2.56. The summed E-state index contributed by atoms with van der Waals surface area (Å²) in [7, 11) is -3.48. The van der Waals surface area contributed by atoms with Crippen LogP contribution < -0.4 is 10.2 Å². The molecule has 0 radical (unpaired) electrons. The highest BCUT2D eigenvalue weighted by atomic mass is 28.4. The Morgan fingerprint density at radius 3 is 2.05 bits per heavy atom. The molecule has 0 aliphatic rings. The molecule has 0 aromatic heterocycles. The summed E-state index contributed by atoms with van der Waals surface area (Å²) in [5.41, 5.74) is 0. The van der Waals surface area contributed by atoms with Crippen molar-refractivity contribution in [2.75, 3.05) is 19.8 Å². The maximum absolute atomic E-state index is 5.89. The largest absolute Gasteiger partial charge is 0.395 e. The van der Waals surface area contributed by atoms with E-state index in [1.54, 1.807) is 0 Å². The zero-order valence-corrected chi connectivity index (χ0v) is 16.2. The summed E-state index contributed by atoms with van der Waals surface area (Å²) in [4.78, 5) is 3.78. The van der Waals surface area contributed by atoms with Crippen LogP contribution in [0.25, 0.3) is 0 Å². The van der Waals surface area contributed by atoms with Crippen molar-refractivity contribution in [3.05, 3.63) is 30.3 Å². The summed E-state index contributed by atoms with van der Waals surface area (Å²) in [6.45, 7) is 13.5. The van der Waals surface area contributed by atoms with E-state index in [0.29, 0.717) is 0 Å². The highest BCUT2D eigenvalue weighted by Crippen LogP contribution is 2.15. The quantitative estimate of drug-likeness (QED) is 0.529. The molecule has 21 heavy (non-hydrogen) atoms. The summed E-state index contributed by atoms with van der Waals surface area (Å²) in [6.07, 6.45) is 1.12. The zero-order chi connectivity index (χ0) is 15.8. The molecular formula is C16H31NO2Si2. The monoisotopic (exact) mass is 325 g/mol. The number of hydrogen-bond donors (Lipinski definition) is 1. The van der Waals surface area contributed by atoms with E-state index in [0.717, 1.165) is 32.2 Å². The van der Waals surface area contributed by atoms with Crippen LogP contribution in [-0.4, -0.2) is 36.6 Å². The predicted molar refractivity (Wildman–Crippen MR) is 95.9 cm³/mol. The minimum atomic E-state index is -1.95. The topological polar surface area (TPSA) is 30.5 Å². The van der Waals surface area contributed by atoms with Crippen LogP contribution in [0.5, 0.6) is 0 Å². The van der Waals surface area contributed by atoms with E-state index in [-0.39, 0.29) is 0 Å². The van der Waals surface area contributed by atoms with Crippen LogP contribution in [0, 0.1) is 0 Å². The number of nitrogens with one attached hydrogen (secondary N) is 1. The van der Waals surface area contributed by atoms with Gasteiger partial charge in [0.25, 0.3) is 0 Å². The Balaban J connectivity index is 2.42. The Hall–Kier alpha value is -0.466. The third-order valence-electron chi connectivity index (χ3n) is 3.77. The van der Waals surface area contributed by atoms with Crippen molar-refractivity contribution in [2.24, 2.45) is 0 Å². The molecule has 0 atom stereocenters. The van der Waals surface area contributed by atoms with Gasteiger partial charge in [-0.2, -0.15) is 0 Å². The molecule has 0 aliphatic heterocycles. The molecule has 1 rings (SSSR count). The van der Waals surface area contributed by atoms with Gasteiger partial charge in [0, 0.05) is 13.2 Å². The van der Waals surface area contributed by atoms with Gasteiger partial charge in [0.15, 0.2) is 8.24 Å². The van der Waals surface area contributed by atoms with E-state index >= 15 is 0 Å². The van der Waals surface area contributed by atoms with Crippen molar-refractivity contribution in [3.8, 4) is 0 Å². The predicted octanol–water partition coefficient (Wildman–Crippen LogP) is 3.22. The number of hydrogen-bond acceptors (Lipinski definition) is 3. The van der Waals surface area contributed by atoms with Crippen molar-refractivity contribution in [1.82, 2.24) is 4.98 Å². The maximum Gasteiger partial charge on any atom is 0.334 e. The summed E-state index contributed by atoms with van der Waals surface area (Å²) in [6, 6.07) is 11.9. The molecule has 0 amide bonds. The lowest BCUT2D eigenvalue weighted by molar-refractivity contribution is 0.188. The van der Waals surface area contributed by atoms with Crippen molar-refractivity contribution in [3.63, 3.8) is 0 Å². The Labute approximate surface area is 132 Å². The summed E-state index contributed by atoms with van der Waals surface area (Å²) >= 11 is 0. The first-order valence-corrected chi connectivity index (χ1v) is 13.5. The summed E-state index contributed by atoms with van der Waals surface area (Å²) in [5.74, 6) is 0. The van der Waals surface area contributed by atoms with E-state index < -0.39 is 16.8 Å². The molecule has 0 spiro atoms. The van der Waals surface area contributed by atoms with Crippen LogP contribution in [0.3, 0.4) is 0 Å². The molecule has 1 aromatic carbocycles. The van der Waals surface area contributed by atoms with E-state index in [9.17, 15) is 0 Å². The molecule has 0 bridgehead atoms. The van der Waals surface area contributed by atoms with Crippen molar-refractivity contribution < 1.29 is 8.85 Å². The van der Waals surface area contributed by atoms with Crippen molar-refractivity contribution in [1.29, 1.82) is 0 Å². The highest BCUT2D eigenvalue weighted by molar-refractivity contribution is 6.87. The number of benzene rings is 1. The zero-order valence-electron chi connectivity index (χ0n) is 14.2. The molecular weight excluding hydrogens is 294 g/mol. The van der Waals surface area contributed by atoms with Gasteiger partial charge >= 0.3 is 8.56 Å². The molecule has 120 valence electrons. The third kappa shape index (κ3) is 6.44. The molecule has 0 fully saturated rings. The molecule has 0 unspecified atom stereocenters. The first-order chi connectivity index (χ1) is 9.93. The van der Waals surface area contributed by atoms with Crippen LogP contribution in [0.4, 0.5) is 0 Å². The first kappa shape index (κ1) is 18.6. The van der Waals surface area contributed by atoms with Gasteiger partial charge in [-0.25, -0.2) is 0 Å². The minimum absolute atomic E-state index is 0.750. The van der Waals surface area contributed by atoms with Crippen molar-refractivity contribution in [2.45, 2.75) is 46.0 Å². The molecule has 0 saturated carbocycles. The van der Waals surface area contributed by atoms with Crippen LogP contribution in [0.2, 0.25) is 25.7 Å². The second kappa shape index (κ2) is 8.85. The lowest BCUT2D eigenvalue weighted by Gasteiger charge is -2.28.